The molecule has 1 amide bonds. The van der Waals surface area contributed by atoms with Crippen molar-refractivity contribution in [3.63, 3.8) is 0 Å². The quantitative estimate of drug-likeness (QED) is 0.424. The van der Waals surface area contributed by atoms with Crippen LogP contribution in [-0.2, 0) is 16.1 Å². The van der Waals surface area contributed by atoms with E-state index < -0.39 is 22.8 Å². The summed E-state index contributed by atoms with van der Waals surface area (Å²) < 4.78 is 5.37. The van der Waals surface area contributed by atoms with Crippen molar-refractivity contribution in [2.75, 3.05) is 0 Å². The van der Waals surface area contributed by atoms with Gasteiger partial charge in [-0.2, -0.15) is 0 Å². The van der Waals surface area contributed by atoms with Crippen molar-refractivity contribution >= 4 is 17.6 Å². The Kier molecular flexibility index (Phi) is 7.26. The SMILES string of the molecule is Cc1cc([N+](=O)[O-])ccc1C(=O)N[C@@H](CC(C)C)C(=O)OCc1ccccc1. The van der Waals surface area contributed by atoms with Gasteiger partial charge in [-0.15, -0.1) is 0 Å². The molecule has 0 aliphatic heterocycles. The summed E-state index contributed by atoms with van der Waals surface area (Å²) in [6, 6.07) is 12.5. The van der Waals surface area contributed by atoms with E-state index in [1.54, 1.807) is 6.92 Å². The second-order valence-electron chi connectivity index (χ2n) is 7.01. The molecule has 0 radical (unpaired) electrons. The Morgan fingerprint density at radius 2 is 1.82 bits per heavy atom. The molecule has 2 rings (SSSR count). The number of amides is 1. The molecule has 0 heterocycles. The lowest BCUT2D eigenvalue weighted by Crippen LogP contribution is -2.42. The van der Waals surface area contributed by atoms with Crippen LogP contribution >= 0.6 is 0 Å². The Bertz CT molecular complexity index is 849. The number of benzene rings is 2. The molecule has 0 saturated carbocycles. The molecule has 2 aromatic rings. The maximum Gasteiger partial charge on any atom is 0.328 e. The first-order valence-electron chi connectivity index (χ1n) is 9.04. The van der Waals surface area contributed by atoms with E-state index in [9.17, 15) is 19.7 Å². The minimum absolute atomic E-state index is 0.0879. The highest BCUT2D eigenvalue weighted by Crippen LogP contribution is 2.18. The van der Waals surface area contributed by atoms with Gasteiger partial charge in [0.1, 0.15) is 12.6 Å². The maximum absolute atomic E-state index is 12.6. The van der Waals surface area contributed by atoms with Crippen LogP contribution in [-0.4, -0.2) is 22.8 Å². The van der Waals surface area contributed by atoms with Gasteiger partial charge in [-0.1, -0.05) is 44.2 Å². The Hall–Kier alpha value is -3.22. The Balaban J connectivity index is 2.09. The van der Waals surface area contributed by atoms with Crippen LogP contribution in [0.15, 0.2) is 48.5 Å². The van der Waals surface area contributed by atoms with E-state index in [0.717, 1.165) is 5.56 Å². The van der Waals surface area contributed by atoms with Crippen LogP contribution in [0, 0.1) is 23.0 Å². The minimum Gasteiger partial charge on any atom is -0.459 e. The lowest BCUT2D eigenvalue weighted by Gasteiger charge is -2.20. The molecule has 0 spiro atoms. The summed E-state index contributed by atoms with van der Waals surface area (Å²) in [5.74, 6) is -0.812. The predicted molar refractivity (Wildman–Crippen MR) is 105 cm³/mol. The van der Waals surface area contributed by atoms with E-state index in [0.29, 0.717) is 12.0 Å². The van der Waals surface area contributed by atoms with Crippen molar-refractivity contribution in [1.82, 2.24) is 5.32 Å². The van der Waals surface area contributed by atoms with E-state index in [1.807, 2.05) is 44.2 Å². The molecule has 0 aliphatic rings. The molecular weight excluding hydrogens is 360 g/mol. The third-order valence-electron chi connectivity index (χ3n) is 4.19. The zero-order chi connectivity index (χ0) is 20.7. The molecule has 148 valence electrons. The molecule has 7 heteroatoms. The van der Waals surface area contributed by atoms with Crippen molar-refractivity contribution < 1.29 is 19.2 Å². The fraction of sp³-hybridized carbons (Fsp3) is 0.333. The van der Waals surface area contributed by atoms with Crippen molar-refractivity contribution in [3.8, 4) is 0 Å². The second kappa shape index (κ2) is 9.64. The van der Waals surface area contributed by atoms with Gasteiger partial charge in [-0.05, 0) is 36.5 Å². The normalized spacial score (nSPS) is 11.7. The number of carbonyl (C=O) groups excluding carboxylic acids is 2. The first-order chi connectivity index (χ1) is 13.3. The molecule has 0 bridgehead atoms. The highest BCUT2D eigenvalue weighted by molar-refractivity contribution is 5.98. The molecule has 1 N–H and O–H groups in total. The van der Waals surface area contributed by atoms with Crippen LogP contribution < -0.4 is 5.32 Å². The summed E-state index contributed by atoms with van der Waals surface area (Å²) >= 11 is 0. The number of nitro groups is 1. The van der Waals surface area contributed by atoms with Crippen LogP contribution in [0.3, 0.4) is 0 Å². The fourth-order valence-electron chi connectivity index (χ4n) is 2.77. The monoisotopic (exact) mass is 384 g/mol. The first-order valence-corrected chi connectivity index (χ1v) is 9.04. The molecule has 0 fully saturated rings. The number of nitrogens with one attached hydrogen (secondary N) is 1. The molecule has 2 aromatic carbocycles. The summed E-state index contributed by atoms with van der Waals surface area (Å²) in [5.41, 5.74) is 1.52. The largest absolute Gasteiger partial charge is 0.459 e. The summed E-state index contributed by atoms with van der Waals surface area (Å²) in [6.45, 7) is 5.63. The van der Waals surface area contributed by atoms with Crippen LogP contribution in [0.2, 0.25) is 0 Å². The summed E-state index contributed by atoms with van der Waals surface area (Å²) in [5, 5.41) is 13.6. The number of aryl methyl sites for hydroxylation is 1. The number of esters is 1. The Labute approximate surface area is 163 Å². The average Bonchev–Trinajstić information content (AvgIpc) is 2.65. The summed E-state index contributed by atoms with van der Waals surface area (Å²) in [4.78, 5) is 35.5. The fourth-order valence-corrected chi connectivity index (χ4v) is 2.77. The van der Waals surface area contributed by atoms with Gasteiger partial charge in [0.25, 0.3) is 11.6 Å². The first kappa shape index (κ1) is 21.1. The maximum atomic E-state index is 12.6. The van der Waals surface area contributed by atoms with Crippen molar-refractivity contribution in [2.24, 2.45) is 5.92 Å². The van der Waals surface area contributed by atoms with Gasteiger partial charge in [0.15, 0.2) is 0 Å². The van der Waals surface area contributed by atoms with Crippen molar-refractivity contribution in [1.29, 1.82) is 0 Å². The smallest absolute Gasteiger partial charge is 0.328 e. The summed E-state index contributed by atoms with van der Waals surface area (Å²) in [6.07, 6.45) is 0.422. The van der Waals surface area contributed by atoms with E-state index in [1.165, 1.54) is 18.2 Å². The van der Waals surface area contributed by atoms with Crippen molar-refractivity contribution in [3.05, 3.63) is 75.3 Å². The topological polar surface area (TPSA) is 98.5 Å². The van der Waals surface area contributed by atoms with Crippen molar-refractivity contribution in [2.45, 2.75) is 39.8 Å². The van der Waals surface area contributed by atoms with Gasteiger partial charge in [-0.3, -0.25) is 14.9 Å². The minimum atomic E-state index is -0.800. The second-order valence-corrected chi connectivity index (χ2v) is 7.01. The zero-order valence-electron chi connectivity index (χ0n) is 16.2. The van der Waals surface area contributed by atoms with Gasteiger partial charge >= 0.3 is 5.97 Å². The van der Waals surface area contributed by atoms with Crippen LogP contribution in [0.1, 0.15) is 41.8 Å². The number of nitro benzene ring substituents is 1. The van der Waals surface area contributed by atoms with Gasteiger partial charge < -0.3 is 10.1 Å². The Morgan fingerprint density at radius 3 is 2.39 bits per heavy atom. The highest BCUT2D eigenvalue weighted by Gasteiger charge is 2.25. The number of hydrogen-bond donors (Lipinski definition) is 1. The lowest BCUT2D eigenvalue weighted by molar-refractivity contribution is -0.384. The third-order valence-corrected chi connectivity index (χ3v) is 4.19. The van der Waals surface area contributed by atoms with Crippen LogP contribution in [0.4, 0.5) is 5.69 Å². The highest BCUT2D eigenvalue weighted by atomic mass is 16.6. The van der Waals surface area contributed by atoms with Gasteiger partial charge in [-0.25, -0.2) is 4.79 Å². The molecule has 0 saturated heterocycles. The van der Waals surface area contributed by atoms with Crippen LogP contribution in [0.5, 0.6) is 0 Å². The number of hydrogen-bond acceptors (Lipinski definition) is 5. The standard InChI is InChI=1S/C21H24N2O5/c1-14(2)11-19(21(25)28-13-16-7-5-4-6-8-16)22-20(24)18-10-9-17(23(26)27)12-15(18)3/h4-10,12,14,19H,11,13H2,1-3H3,(H,22,24)/t19-/m0/s1. The molecule has 0 aromatic heterocycles. The molecular formula is C21H24N2O5. The molecule has 1 atom stereocenters. The molecule has 7 nitrogen and oxygen atoms in total. The van der Waals surface area contributed by atoms with E-state index >= 15 is 0 Å². The zero-order valence-corrected chi connectivity index (χ0v) is 16.2. The molecule has 0 unspecified atom stereocenters. The number of nitrogens with zero attached hydrogens (tertiary/aromatic N) is 1. The van der Waals surface area contributed by atoms with E-state index in [-0.39, 0.29) is 23.8 Å². The van der Waals surface area contributed by atoms with Crippen LogP contribution in [0.25, 0.3) is 0 Å². The summed E-state index contributed by atoms with van der Waals surface area (Å²) in [7, 11) is 0. The van der Waals surface area contributed by atoms with Gasteiger partial charge in [0.2, 0.25) is 0 Å². The van der Waals surface area contributed by atoms with E-state index in [2.05, 4.69) is 5.32 Å². The van der Waals surface area contributed by atoms with E-state index in [4.69, 9.17) is 4.74 Å². The molecule has 28 heavy (non-hydrogen) atoms. The predicted octanol–water partition coefficient (Wildman–Crippen LogP) is 3.79. The number of rotatable bonds is 8. The lowest BCUT2D eigenvalue weighted by atomic mass is 10.0. The average molecular weight is 384 g/mol. The van der Waals surface area contributed by atoms with Gasteiger partial charge in [0.05, 0.1) is 4.92 Å². The number of carbonyl (C=O) groups is 2. The number of non-ortho nitro benzene ring substituents is 1. The van der Waals surface area contributed by atoms with Gasteiger partial charge in [0, 0.05) is 17.7 Å². The molecule has 0 aliphatic carbocycles. The Morgan fingerprint density at radius 1 is 1.14 bits per heavy atom. The third kappa shape index (κ3) is 5.90. The number of ether oxygens (including phenoxy) is 1.